The number of nitrogens with one attached hydrogen (secondary N) is 4. The maximum atomic E-state index is 15.6. The van der Waals surface area contributed by atoms with Gasteiger partial charge in [0.2, 0.25) is 23.6 Å². The third-order valence-corrected chi connectivity index (χ3v) is 13.9. The summed E-state index contributed by atoms with van der Waals surface area (Å²) in [5, 5.41) is 36.5. The molecule has 5 amide bonds. The lowest BCUT2D eigenvalue weighted by Crippen LogP contribution is -2.44. The number of hydrogen-bond acceptors (Lipinski definition) is 12. The van der Waals surface area contributed by atoms with E-state index in [9.17, 15) is 43.4 Å². The van der Waals surface area contributed by atoms with Crippen molar-refractivity contribution < 1.29 is 47.8 Å². The molecule has 0 saturated heterocycles. The number of nitrogens with two attached hydrogens (primary N) is 2. The number of carbonyl (C=O) groups excluding carboxylic acids is 6. The van der Waals surface area contributed by atoms with Gasteiger partial charge in [0.15, 0.2) is 17.7 Å². The van der Waals surface area contributed by atoms with Crippen molar-refractivity contribution in [2.75, 3.05) is 41.8 Å². The number of carbonyl (C=O) groups is 6. The van der Waals surface area contributed by atoms with E-state index in [2.05, 4.69) is 26.4 Å². The van der Waals surface area contributed by atoms with Crippen LogP contribution in [0.5, 0.6) is 0 Å². The van der Waals surface area contributed by atoms with E-state index in [1.54, 1.807) is 65.4 Å². The van der Waals surface area contributed by atoms with Crippen LogP contribution in [0.2, 0.25) is 10.0 Å². The second kappa shape index (κ2) is 22.6. The Morgan fingerprint density at radius 1 is 0.766 bits per heavy atom. The third kappa shape index (κ3) is 12.3. The number of benzene rings is 5. The van der Waals surface area contributed by atoms with Gasteiger partial charge in [0.25, 0.3) is 5.91 Å². The largest absolute Gasteiger partial charge is 0.399 e. The number of anilines is 4. The molecular weight excluding hydrogens is 1040 g/mol. The molecule has 7 aromatic rings. The smallest absolute Gasteiger partial charge is 0.276 e. The normalized spacial score (nSPS) is 14.0. The van der Waals surface area contributed by atoms with Crippen LogP contribution in [0, 0.1) is 11.6 Å². The highest BCUT2D eigenvalue weighted by Gasteiger charge is 2.36. The lowest BCUT2D eigenvalue weighted by atomic mass is 10.1. The summed E-state index contributed by atoms with van der Waals surface area (Å²) in [7, 11) is 0. The predicted octanol–water partition coefficient (Wildman–Crippen LogP) is 6.45. The van der Waals surface area contributed by atoms with Gasteiger partial charge in [-0.2, -0.15) is 5.10 Å². The van der Waals surface area contributed by atoms with E-state index >= 15 is 4.39 Å². The van der Waals surface area contributed by atoms with Crippen molar-refractivity contribution in [3.05, 3.63) is 147 Å². The Morgan fingerprint density at radius 3 is 2.13 bits per heavy atom. The zero-order chi connectivity index (χ0) is 54.8. The van der Waals surface area contributed by atoms with Gasteiger partial charge in [-0.15, -0.1) is 0 Å². The number of aromatic nitrogens is 3. The van der Waals surface area contributed by atoms with Crippen LogP contribution in [-0.2, 0) is 38.8 Å². The molecular formula is C54H53Cl2F2N11O8. The number of nitrogen functional groups attached to an aromatic ring is 2. The zero-order valence-corrected chi connectivity index (χ0v) is 42.9. The Kier molecular flexibility index (Phi) is 15.8. The molecule has 2 saturated carbocycles. The molecule has 1 unspecified atom stereocenters. The fourth-order valence-corrected chi connectivity index (χ4v) is 9.59. The van der Waals surface area contributed by atoms with Crippen molar-refractivity contribution in [3.8, 4) is 0 Å². The van der Waals surface area contributed by atoms with Crippen LogP contribution < -0.4 is 32.7 Å². The highest BCUT2D eigenvalue weighted by Crippen LogP contribution is 2.33. The van der Waals surface area contributed by atoms with Crippen LogP contribution in [-0.4, -0.2) is 101 Å². The van der Waals surface area contributed by atoms with Gasteiger partial charge in [-0.05, 0) is 99.3 Å². The molecule has 2 fully saturated rings. The number of hydrogen-bond donors (Lipinski definition) is 8. The molecule has 10 N–H and O–H groups in total. The van der Waals surface area contributed by atoms with Crippen LogP contribution in [0.3, 0.4) is 0 Å². The van der Waals surface area contributed by atoms with Crippen molar-refractivity contribution in [2.24, 2.45) is 0 Å². The van der Waals surface area contributed by atoms with E-state index in [-0.39, 0.29) is 81.1 Å². The second-order valence-electron chi connectivity index (χ2n) is 19.1. The summed E-state index contributed by atoms with van der Waals surface area (Å²) in [6, 6.07) is 21.6. The Balaban J connectivity index is 0.845. The number of Topliss-reactive ketones (excluding diaryl/α,β-unsaturated/α-hetero) is 1. The van der Waals surface area contributed by atoms with Gasteiger partial charge >= 0.3 is 0 Å². The Labute approximate surface area is 449 Å². The fourth-order valence-electron chi connectivity index (χ4n) is 9.17. The molecule has 0 aliphatic heterocycles. The van der Waals surface area contributed by atoms with Crippen LogP contribution in [0.4, 0.5) is 31.5 Å². The minimum Gasteiger partial charge on any atom is -0.399 e. The molecule has 0 bridgehead atoms. The maximum absolute atomic E-state index is 15.6. The van der Waals surface area contributed by atoms with E-state index in [1.807, 2.05) is 0 Å². The van der Waals surface area contributed by atoms with Crippen molar-refractivity contribution in [1.29, 1.82) is 0 Å². The number of nitrogens with zero attached hydrogens (tertiary/aromatic N) is 5. The van der Waals surface area contributed by atoms with E-state index in [4.69, 9.17) is 34.7 Å². The van der Waals surface area contributed by atoms with Gasteiger partial charge < -0.3 is 57.3 Å². The van der Waals surface area contributed by atoms with Crippen molar-refractivity contribution in [1.82, 2.24) is 34.8 Å². The molecule has 77 heavy (non-hydrogen) atoms. The van der Waals surface area contributed by atoms with E-state index < -0.39 is 73.1 Å². The molecule has 400 valence electrons. The molecule has 0 radical (unpaired) electrons. The number of fused-ring (bicyclic) bond motifs is 2. The molecule has 23 heteroatoms. The number of rotatable bonds is 21. The Hall–Kier alpha value is -8.11. The van der Waals surface area contributed by atoms with Gasteiger partial charge in [-0.25, -0.2) is 8.78 Å². The molecule has 2 heterocycles. The SMILES string of the molecule is CC(=O)c1cn(CC(=O)N(CC(=O)NCc2cc(NC(=O)c3nn(CC(=O)N(CC(=O)N[C@H](CO)c4cccc(Cl)c4F)C4CC4)c4ccc(N)cc34)cc(Cl)c2F)C2CC2)c2ccc(NC(O)c3cccc(N)c3)cc12. The summed E-state index contributed by atoms with van der Waals surface area (Å²) >= 11 is 12.2. The lowest BCUT2D eigenvalue weighted by Gasteiger charge is -2.24. The molecule has 0 spiro atoms. The topological polar surface area (TPSA) is 272 Å². The fraction of sp³-hybridized carbons (Fsp3) is 0.278. The summed E-state index contributed by atoms with van der Waals surface area (Å²) in [6.07, 6.45) is 3.06. The quantitative estimate of drug-likeness (QED) is 0.0219. The molecule has 9 rings (SSSR count). The first-order valence-corrected chi connectivity index (χ1v) is 25.3. The summed E-state index contributed by atoms with van der Waals surface area (Å²) in [4.78, 5) is 84.2. The summed E-state index contributed by atoms with van der Waals surface area (Å²) in [5.41, 5.74) is 14.9. The van der Waals surface area contributed by atoms with Crippen LogP contribution in [0.15, 0.2) is 97.2 Å². The predicted molar refractivity (Wildman–Crippen MR) is 286 cm³/mol. The molecule has 19 nitrogen and oxygen atoms in total. The van der Waals surface area contributed by atoms with Crippen molar-refractivity contribution in [3.63, 3.8) is 0 Å². The Morgan fingerprint density at radius 2 is 1.44 bits per heavy atom. The number of amides is 5. The summed E-state index contributed by atoms with van der Waals surface area (Å²) < 4.78 is 33.3. The lowest BCUT2D eigenvalue weighted by molar-refractivity contribution is -0.137. The average molecular weight is 1090 g/mol. The highest BCUT2D eigenvalue weighted by atomic mass is 35.5. The maximum Gasteiger partial charge on any atom is 0.276 e. The van der Waals surface area contributed by atoms with E-state index in [1.165, 1.54) is 57.8 Å². The number of aliphatic hydroxyl groups excluding tert-OH is 2. The summed E-state index contributed by atoms with van der Waals surface area (Å²) in [5.74, 6) is -4.84. The van der Waals surface area contributed by atoms with Crippen LogP contribution in [0.25, 0.3) is 21.8 Å². The molecule has 5 aromatic carbocycles. The van der Waals surface area contributed by atoms with Gasteiger partial charge in [0, 0.05) is 86.1 Å². The molecule has 2 aromatic heterocycles. The zero-order valence-electron chi connectivity index (χ0n) is 41.4. The third-order valence-electron chi connectivity index (χ3n) is 13.3. The van der Waals surface area contributed by atoms with Gasteiger partial charge in [0.1, 0.15) is 24.7 Å². The number of ketones is 1. The monoisotopic (exact) mass is 1090 g/mol. The minimum absolute atomic E-state index is 0.0237. The standard InChI is InChI=1S/C54H53Cl2F2N11O8/c1-28(71)40-22-66(44-15-9-33(19-38(40)44)62-53(76)29-4-2-5-31(59)16-29)25-48(74)67(35-10-11-35)23-46(72)61-21-30-17-34(20-42(56)50(30)57)63-54(77)52-39-18-32(60)8-14-45(39)69(65-52)26-49(75)68(36-12-13-36)24-47(73)64-43(27-70)37-6-3-7-41(55)51(37)58/h2-9,14-20,22,35-36,43,53,62,70,76H,10-13,21,23-27,59-60H2,1H3,(H,61,72)(H,63,77)(H,64,73)/t43-,53?/m1/s1. The molecule has 2 atom stereocenters. The molecule has 2 aliphatic carbocycles. The van der Waals surface area contributed by atoms with Gasteiger partial charge in [-0.3, -0.25) is 33.4 Å². The molecule has 2 aliphatic rings. The van der Waals surface area contributed by atoms with Crippen LogP contribution in [0.1, 0.15) is 82.4 Å². The van der Waals surface area contributed by atoms with Crippen molar-refractivity contribution >= 4 is 103 Å². The van der Waals surface area contributed by atoms with Gasteiger partial charge in [0.05, 0.1) is 41.3 Å². The Bertz CT molecular complexity index is 3490. The van der Waals surface area contributed by atoms with E-state index in [0.717, 1.165) is 0 Å². The van der Waals surface area contributed by atoms with Crippen LogP contribution >= 0.6 is 23.2 Å². The minimum atomic E-state index is -1.13. The van der Waals surface area contributed by atoms with E-state index in [0.29, 0.717) is 64.6 Å². The van der Waals surface area contributed by atoms with Gasteiger partial charge in [-0.1, -0.05) is 47.5 Å². The number of halogens is 4. The first kappa shape index (κ1) is 53.7. The highest BCUT2D eigenvalue weighted by molar-refractivity contribution is 6.31. The summed E-state index contributed by atoms with van der Waals surface area (Å²) in [6.45, 7) is -0.971. The first-order chi connectivity index (χ1) is 36.8. The average Bonchev–Trinajstić information content (AvgIpc) is 4.36. The second-order valence-corrected chi connectivity index (χ2v) is 19.9. The van der Waals surface area contributed by atoms with Crippen molar-refractivity contribution in [2.45, 2.75) is 76.6 Å². The number of aliphatic hydroxyl groups is 2. The first-order valence-electron chi connectivity index (χ1n) is 24.5.